The fraction of sp³-hybridized carbons (Fsp3) is 0.533. The summed E-state index contributed by atoms with van der Waals surface area (Å²) in [5.74, 6) is 1.10. The van der Waals surface area contributed by atoms with Gasteiger partial charge in [-0.25, -0.2) is 0 Å². The minimum atomic E-state index is 0.326. The summed E-state index contributed by atoms with van der Waals surface area (Å²) in [6, 6.07) is 8.46. The van der Waals surface area contributed by atoms with Crippen molar-refractivity contribution in [1.82, 2.24) is 25.5 Å². The summed E-state index contributed by atoms with van der Waals surface area (Å²) in [6.07, 6.45) is 0.776. The molecule has 0 aliphatic carbocycles. The van der Waals surface area contributed by atoms with Crippen LogP contribution in [0.1, 0.15) is 22.9 Å². The zero-order chi connectivity index (χ0) is 15.1. The van der Waals surface area contributed by atoms with Crippen LogP contribution in [-0.4, -0.2) is 47.0 Å². The third-order valence-electron chi connectivity index (χ3n) is 3.48. The molecule has 0 spiro atoms. The quantitative estimate of drug-likeness (QED) is 0.737. The lowest BCUT2D eigenvalue weighted by molar-refractivity contribution is 0.199. The lowest BCUT2D eigenvalue weighted by Crippen LogP contribution is -2.26. The summed E-state index contributed by atoms with van der Waals surface area (Å²) in [5, 5.41) is 15.7. The molecule has 1 aromatic heterocycles. The number of aryl methyl sites for hydroxylation is 2. The Morgan fingerprint density at radius 3 is 2.81 bits per heavy atom. The molecule has 21 heavy (non-hydrogen) atoms. The van der Waals surface area contributed by atoms with Crippen LogP contribution >= 0.6 is 0 Å². The second-order valence-corrected chi connectivity index (χ2v) is 5.15. The minimum absolute atomic E-state index is 0.326. The van der Waals surface area contributed by atoms with Crippen LogP contribution in [0, 0.1) is 6.92 Å². The van der Waals surface area contributed by atoms with E-state index in [-0.39, 0.29) is 0 Å². The van der Waals surface area contributed by atoms with Crippen LogP contribution in [0.5, 0.6) is 0 Å². The molecule has 0 aliphatic heterocycles. The van der Waals surface area contributed by atoms with E-state index in [0.717, 1.165) is 25.3 Å². The molecule has 114 valence electrons. The van der Waals surface area contributed by atoms with Crippen molar-refractivity contribution in [2.75, 3.05) is 26.8 Å². The molecular formula is C15H23N5O. The van der Waals surface area contributed by atoms with Crippen LogP contribution in [-0.2, 0) is 18.2 Å². The monoisotopic (exact) mass is 289 g/mol. The highest BCUT2D eigenvalue weighted by molar-refractivity contribution is 5.30. The Labute approximate surface area is 125 Å². The topological polar surface area (TPSA) is 64.9 Å². The highest BCUT2D eigenvalue weighted by atomic mass is 16.5. The number of nitrogens with one attached hydrogen (secondary N) is 1. The van der Waals surface area contributed by atoms with E-state index in [9.17, 15) is 0 Å². The van der Waals surface area contributed by atoms with Crippen molar-refractivity contribution in [1.29, 1.82) is 0 Å². The smallest absolute Gasteiger partial charge is 0.175 e. The van der Waals surface area contributed by atoms with E-state index >= 15 is 0 Å². The van der Waals surface area contributed by atoms with Gasteiger partial charge in [0.25, 0.3) is 0 Å². The number of methoxy groups -OCH3 is 1. The highest BCUT2D eigenvalue weighted by Gasteiger charge is 2.16. The van der Waals surface area contributed by atoms with E-state index < -0.39 is 0 Å². The lowest BCUT2D eigenvalue weighted by Gasteiger charge is -2.18. The molecule has 0 bridgehead atoms. The molecule has 0 amide bonds. The third-order valence-corrected chi connectivity index (χ3v) is 3.48. The summed E-state index contributed by atoms with van der Waals surface area (Å²) in [7, 11) is 3.50. The zero-order valence-electron chi connectivity index (χ0n) is 12.9. The van der Waals surface area contributed by atoms with Crippen molar-refractivity contribution in [3.63, 3.8) is 0 Å². The van der Waals surface area contributed by atoms with Crippen molar-refractivity contribution >= 4 is 0 Å². The molecule has 0 radical (unpaired) electrons. The molecule has 1 atom stereocenters. The molecule has 1 N–H and O–H groups in total. The first-order valence-electron chi connectivity index (χ1n) is 7.18. The van der Waals surface area contributed by atoms with Crippen molar-refractivity contribution in [2.45, 2.75) is 19.3 Å². The Kier molecular flexibility index (Phi) is 5.83. The zero-order valence-corrected chi connectivity index (χ0v) is 12.9. The molecule has 0 saturated carbocycles. The van der Waals surface area contributed by atoms with Gasteiger partial charge in [0, 0.05) is 32.5 Å². The predicted octanol–water partition coefficient (Wildman–Crippen LogP) is 1.08. The van der Waals surface area contributed by atoms with Gasteiger partial charge >= 0.3 is 0 Å². The van der Waals surface area contributed by atoms with Crippen LogP contribution in [0.3, 0.4) is 0 Å². The summed E-state index contributed by atoms with van der Waals surface area (Å²) in [5.41, 5.74) is 2.62. The molecule has 6 heteroatoms. The number of hydrogen-bond donors (Lipinski definition) is 1. The molecule has 1 heterocycles. The van der Waals surface area contributed by atoms with Gasteiger partial charge in [-0.05, 0) is 23.3 Å². The summed E-state index contributed by atoms with van der Waals surface area (Å²) >= 11 is 0. The van der Waals surface area contributed by atoms with E-state index in [2.05, 4.69) is 51.9 Å². The van der Waals surface area contributed by atoms with Gasteiger partial charge in [0.2, 0.25) is 0 Å². The Hall–Kier alpha value is -1.79. The molecular weight excluding hydrogens is 266 g/mol. The molecule has 2 aromatic rings. The maximum Gasteiger partial charge on any atom is 0.175 e. The fourth-order valence-electron chi connectivity index (χ4n) is 2.41. The van der Waals surface area contributed by atoms with Crippen molar-refractivity contribution in [2.24, 2.45) is 7.05 Å². The Morgan fingerprint density at radius 2 is 2.14 bits per heavy atom. The molecule has 2 rings (SSSR count). The SMILES string of the molecule is COCCNCC(Cc1nnn(C)n1)c1ccccc1C. The molecule has 6 nitrogen and oxygen atoms in total. The summed E-state index contributed by atoms with van der Waals surface area (Å²) in [6.45, 7) is 4.56. The van der Waals surface area contributed by atoms with Gasteiger partial charge in [-0.1, -0.05) is 24.3 Å². The minimum Gasteiger partial charge on any atom is -0.383 e. The maximum atomic E-state index is 5.07. The van der Waals surface area contributed by atoms with Crippen molar-refractivity contribution in [3.05, 3.63) is 41.2 Å². The standard InChI is InChI=1S/C15H23N5O/c1-12-6-4-5-7-14(12)13(11-16-8-9-21-3)10-15-17-19-20(2)18-15/h4-7,13,16H,8-11H2,1-3H3. The largest absolute Gasteiger partial charge is 0.383 e. The van der Waals surface area contributed by atoms with Gasteiger partial charge in [-0.3, -0.25) is 0 Å². The van der Waals surface area contributed by atoms with Gasteiger partial charge in [0.15, 0.2) is 5.82 Å². The van der Waals surface area contributed by atoms with Crippen LogP contribution in [0.2, 0.25) is 0 Å². The average molecular weight is 289 g/mol. The van der Waals surface area contributed by atoms with E-state index in [1.165, 1.54) is 15.9 Å². The Bertz CT molecular complexity index is 555. The van der Waals surface area contributed by atoms with E-state index in [0.29, 0.717) is 12.5 Å². The number of aromatic nitrogens is 4. The summed E-state index contributed by atoms with van der Waals surface area (Å²) < 4.78 is 5.07. The van der Waals surface area contributed by atoms with Crippen molar-refractivity contribution < 1.29 is 4.74 Å². The molecule has 0 saturated heterocycles. The van der Waals surface area contributed by atoms with E-state index in [1.807, 2.05) is 0 Å². The molecule has 0 aliphatic rings. The van der Waals surface area contributed by atoms with Gasteiger partial charge in [-0.15, -0.1) is 10.2 Å². The first-order chi connectivity index (χ1) is 10.2. The first kappa shape index (κ1) is 15.6. The normalized spacial score (nSPS) is 12.5. The Morgan fingerprint density at radius 1 is 1.33 bits per heavy atom. The van der Waals surface area contributed by atoms with Gasteiger partial charge < -0.3 is 10.1 Å². The lowest BCUT2D eigenvalue weighted by atomic mass is 9.91. The first-order valence-corrected chi connectivity index (χ1v) is 7.18. The van der Waals surface area contributed by atoms with E-state index in [1.54, 1.807) is 14.2 Å². The second-order valence-electron chi connectivity index (χ2n) is 5.15. The van der Waals surface area contributed by atoms with Crippen LogP contribution in [0.4, 0.5) is 0 Å². The van der Waals surface area contributed by atoms with Crippen LogP contribution in [0.15, 0.2) is 24.3 Å². The number of rotatable bonds is 8. The van der Waals surface area contributed by atoms with Gasteiger partial charge in [-0.2, -0.15) is 4.80 Å². The van der Waals surface area contributed by atoms with Crippen molar-refractivity contribution in [3.8, 4) is 0 Å². The fourth-order valence-corrected chi connectivity index (χ4v) is 2.41. The molecule has 1 aromatic carbocycles. The average Bonchev–Trinajstić information content (AvgIpc) is 2.88. The molecule has 1 unspecified atom stereocenters. The number of ether oxygens (including phenoxy) is 1. The second kappa shape index (κ2) is 7.85. The highest BCUT2D eigenvalue weighted by Crippen LogP contribution is 2.22. The Balaban J connectivity index is 2.08. The third kappa shape index (κ3) is 4.61. The van der Waals surface area contributed by atoms with Gasteiger partial charge in [0.1, 0.15) is 0 Å². The number of hydrogen-bond acceptors (Lipinski definition) is 5. The number of nitrogens with zero attached hydrogens (tertiary/aromatic N) is 4. The number of tetrazole rings is 1. The molecule has 0 fully saturated rings. The van der Waals surface area contributed by atoms with E-state index in [4.69, 9.17) is 4.74 Å². The summed E-state index contributed by atoms with van der Waals surface area (Å²) in [4.78, 5) is 1.50. The van der Waals surface area contributed by atoms with Crippen LogP contribution < -0.4 is 5.32 Å². The van der Waals surface area contributed by atoms with Gasteiger partial charge in [0.05, 0.1) is 13.7 Å². The maximum absolute atomic E-state index is 5.07. The predicted molar refractivity (Wildman–Crippen MR) is 81.2 cm³/mol. The number of benzene rings is 1. The van der Waals surface area contributed by atoms with Crippen LogP contribution in [0.25, 0.3) is 0 Å².